The van der Waals surface area contributed by atoms with E-state index < -0.39 is 0 Å². The molecule has 0 aliphatic carbocycles. The van der Waals surface area contributed by atoms with Crippen LogP contribution in [0.5, 0.6) is 0 Å². The van der Waals surface area contributed by atoms with E-state index in [0.717, 1.165) is 23.0 Å². The Morgan fingerprint density at radius 2 is 1.95 bits per heavy atom. The molecular weight excluding hydrogens is 242 g/mol. The van der Waals surface area contributed by atoms with Gasteiger partial charge in [-0.3, -0.25) is 4.68 Å². The standard InChI is InChI=1S/C12H19N7/c1-8(2)10-11(13-3)15-6-16-12(10)14-5-9-17-7-19(4)18-9/h6-8H,5H2,1-4H3,(H2,13,14,15,16). The fourth-order valence-corrected chi connectivity index (χ4v) is 1.91. The maximum atomic E-state index is 4.31. The monoisotopic (exact) mass is 261 g/mol. The Hall–Kier alpha value is -2.18. The summed E-state index contributed by atoms with van der Waals surface area (Å²) < 4.78 is 1.68. The van der Waals surface area contributed by atoms with Gasteiger partial charge in [0.25, 0.3) is 0 Å². The molecule has 0 unspecified atom stereocenters. The minimum atomic E-state index is 0.322. The normalized spacial score (nSPS) is 10.8. The molecule has 2 rings (SSSR count). The van der Waals surface area contributed by atoms with E-state index in [9.17, 15) is 0 Å². The van der Waals surface area contributed by atoms with E-state index in [2.05, 4.69) is 44.5 Å². The number of aryl methyl sites for hydroxylation is 1. The molecule has 0 aliphatic heterocycles. The molecule has 0 atom stereocenters. The molecule has 0 spiro atoms. The van der Waals surface area contributed by atoms with Crippen LogP contribution in [0.15, 0.2) is 12.7 Å². The summed E-state index contributed by atoms with van der Waals surface area (Å²) >= 11 is 0. The fraction of sp³-hybridized carbons (Fsp3) is 0.500. The van der Waals surface area contributed by atoms with E-state index >= 15 is 0 Å². The highest BCUT2D eigenvalue weighted by Crippen LogP contribution is 2.27. The van der Waals surface area contributed by atoms with Crippen LogP contribution in [0.4, 0.5) is 11.6 Å². The van der Waals surface area contributed by atoms with Crippen LogP contribution in [-0.4, -0.2) is 31.8 Å². The van der Waals surface area contributed by atoms with Gasteiger partial charge in [0.2, 0.25) is 0 Å². The Bertz CT molecular complexity index is 547. The van der Waals surface area contributed by atoms with Crippen molar-refractivity contribution in [2.24, 2.45) is 7.05 Å². The third-order valence-corrected chi connectivity index (χ3v) is 2.76. The molecule has 102 valence electrons. The molecule has 2 aromatic heterocycles. The molecule has 0 aliphatic rings. The van der Waals surface area contributed by atoms with Crippen molar-refractivity contribution in [3.8, 4) is 0 Å². The van der Waals surface area contributed by atoms with Gasteiger partial charge < -0.3 is 10.6 Å². The molecule has 7 heteroatoms. The predicted molar refractivity (Wildman–Crippen MR) is 74.0 cm³/mol. The van der Waals surface area contributed by atoms with Crippen LogP contribution in [0, 0.1) is 0 Å². The van der Waals surface area contributed by atoms with Crippen molar-refractivity contribution in [1.29, 1.82) is 0 Å². The van der Waals surface area contributed by atoms with Gasteiger partial charge in [0.05, 0.1) is 6.54 Å². The lowest BCUT2D eigenvalue weighted by Gasteiger charge is -2.15. The van der Waals surface area contributed by atoms with Gasteiger partial charge in [-0.25, -0.2) is 15.0 Å². The topological polar surface area (TPSA) is 80.5 Å². The van der Waals surface area contributed by atoms with E-state index in [1.165, 1.54) is 0 Å². The van der Waals surface area contributed by atoms with Crippen molar-refractivity contribution >= 4 is 11.6 Å². The largest absolute Gasteiger partial charge is 0.373 e. The third kappa shape index (κ3) is 2.98. The van der Waals surface area contributed by atoms with Gasteiger partial charge in [0.15, 0.2) is 5.82 Å². The third-order valence-electron chi connectivity index (χ3n) is 2.76. The van der Waals surface area contributed by atoms with Gasteiger partial charge in [0, 0.05) is 19.7 Å². The number of hydrogen-bond acceptors (Lipinski definition) is 6. The first-order valence-electron chi connectivity index (χ1n) is 6.22. The lowest BCUT2D eigenvalue weighted by atomic mass is 10.0. The van der Waals surface area contributed by atoms with Crippen molar-refractivity contribution in [3.63, 3.8) is 0 Å². The number of nitrogens with zero attached hydrogens (tertiary/aromatic N) is 5. The zero-order valence-corrected chi connectivity index (χ0v) is 11.7. The molecular formula is C12H19N7. The van der Waals surface area contributed by atoms with Gasteiger partial charge in [0.1, 0.15) is 24.3 Å². The summed E-state index contributed by atoms with van der Waals surface area (Å²) in [4.78, 5) is 12.7. The van der Waals surface area contributed by atoms with Gasteiger partial charge in [-0.2, -0.15) is 5.10 Å². The number of hydrogen-bond donors (Lipinski definition) is 2. The summed E-state index contributed by atoms with van der Waals surface area (Å²) in [6.07, 6.45) is 3.23. The molecule has 0 fully saturated rings. The highest BCUT2D eigenvalue weighted by atomic mass is 15.3. The maximum Gasteiger partial charge on any atom is 0.169 e. The summed E-state index contributed by atoms with van der Waals surface area (Å²) in [5.74, 6) is 2.73. The highest BCUT2D eigenvalue weighted by Gasteiger charge is 2.14. The molecule has 0 saturated heterocycles. The number of aromatic nitrogens is 5. The highest BCUT2D eigenvalue weighted by molar-refractivity contribution is 5.58. The smallest absolute Gasteiger partial charge is 0.169 e. The lowest BCUT2D eigenvalue weighted by Crippen LogP contribution is -2.10. The molecule has 0 bridgehead atoms. The van der Waals surface area contributed by atoms with E-state index in [-0.39, 0.29) is 0 Å². The molecule has 0 amide bonds. The molecule has 0 saturated carbocycles. The van der Waals surface area contributed by atoms with Gasteiger partial charge in [-0.05, 0) is 5.92 Å². The molecule has 2 N–H and O–H groups in total. The average Bonchev–Trinajstić information content (AvgIpc) is 2.81. The lowest BCUT2D eigenvalue weighted by molar-refractivity contribution is 0.746. The van der Waals surface area contributed by atoms with Crippen LogP contribution in [0.3, 0.4) is 0 Å². The fourth-order valence-electron chi connectivity index (χ4n) is 1.91. The van der Waals surface area contributed by atoms with Crippen LogP contribution < -0.4 is 10.6 Å². The van der Waals surface area contributed by atoms with Crippen molar-refractivity contribution in [3.05, 3.63) is 24.0 Å². The summed E-state index contributed by atoms with van der Waals surface area (Å²) in [5.41, 5.74) is 1.07. The van der Waals surface area contributed by atoms with E-state index in [0.29, 0.717) is 12.5 Å². The summed E-state index contributed by atoms with van der Waals surface area (Å²) in [6.45, 7) is 4.77. The van der Waals surface area contributed by atoms with Crippen LogP contribution in [-0.2, 0) is 13.6 Å². The van der Waals surface area contributed by atoms with E-state index in [1.807, 2.05) is 14.1 Å². The first-order chi connectivity index (χ1) is 9.11. The Kier molecular flexibility index (Phi) is 3.94. The van der Waals surface area contributed by atoms with Crippen molar-refractivity contribution in [2.75, 3.05) is 17.7 Å². The Labute approximate surface area is 112 Å². The number of anilines is 2. The zero-order valence-electron chi connectivity index (χ0n) is 11.7. The van der Waals surface area contributed by atoms with E-state index in [4.69, 9.17) is 0 Å². The zero-order chi connectivity index (χ0) is 13.8. The second-order valence-corrected chi connectivity index (χ2v) is 4.58. The minimum absolute atomic E-state index is 0.322. The van der Waals surface area contributed by atoms with Crippen LogP contribution >= 0.6 is 0 Å². The van der Waals surface area contributed by atoms with E-state index in [1.54, 1.807) is 17.3 Å². The number of nitrogens with one attached hydrogen (secondary N) is 2. The Morgan fingerprint density at radius 1 is 1.21 bits per heavy atom. The Morgan fingerprint density at radius 3 is 2.53 bits per heavy atom. The summed E-state index contributed by atoms with van der Waals surface area (Å²) in [6, 6.07) is 0. The molecule has 19 heavy (non-hydrogen) atoms. The molecule has 7 nitrogen and oxygen atoms in total. The average molecular weight is 261 g/mol. The van der Waals surface area contributed by atoms with Crippen molar-refractivity contribution < 1.29 is 0 Å². The summed E-state index contributed by atoms with van der Waals surface area (Å²) in [7, 11) is 3.71. The van der Waals surface area contributed by atoms with Gasteiger partial charge in [-0.1, -0.05) is 13.8 Å². The van der Waals surface area contributed by atoms with Crippen LogP contribution in [0.25, 0.3) is 0 Å². The van der Waals surface area contributed by atoms with Crippen LogP contribution in [0.1, 0.15) is 31.2 Å². The number of rotatable bonds is 5. The summed E-state index contributed by atoms with van der Waals surface area (Å²) in [5, 5.41) is 10.6. The van der Waals surface area contributed by atoms with Gasteiger partial charge >= 0.3 is 0 Å². The quantitative estimate of drug-likeness (QED) is 0.846. The van der Waals surface area contributed by atoms with Crippen LogP contribution in [0.2, 0.25) is 0 Å². The van der Waals surface area contributed by atoms with Crippen molar-refractivity contribution in [1.82, 2.24) is 24.7 Å². The SMILES string of the molecule is CNc1ncnc(NCc2ncn(C)n2)c1C(C)C. The molecule has 2 heterocycles. The maximum absolute atomic E-state index is 4.31. The van der Waals surface area contributed by atoms with Crippen molar-refractivity contribution in [2.45, 2.75) is 26.3 Å². The molecule has 2 aromatic rings. The van der Waals surface area contributed by atoms with Gasteiger partial charge in [-0.15, -0.1) is 0 Å². The minimum Gasteiger partial charge on any atom is -0.373 e. The Balaban J connectivity index is 2.19. The predicted octanol–water partition coefficient (Wildman–Crippen LogP) is 1.38. The first-order valence-corrected chi connectivity index (χ1v) is 6.22. The second-order valence-electron chi connectivity index (χ2n) is 4.58. The molecule has 0 aromatic carbocycles. The second kappa shape index (κ2) is 5.64. The molecule has 0 radical (unpaired) electrons. The first kappa shape index (κ1) is 13.3.